The Morgan fingerprint density at radius 1 is 1.12 bits per heavy atom. The molecule has 86 valence electrons. The number of carboxylic acid groups (broad SMARTS) is 1. The van der Waals surface area contributed by atoms with E-state index in [9.17, 15) is 14.7 Å². The fourth-order valence-corrected chi connectivity index (χ4v) is 3.04. The van der Waals surface area contributed by atoms with Gasteiger partial charge in [0.25, 0.3) is 0 Å². The molecule has 2 unspecified atom stereocenters. The number of aliphatic carboxylic acids is 1. The summed E-state index contributed by atoms with van der Waals surface area (Å²) in [5.41, 5.74) is 0. The fraction of sp³-hybridized carbons (Fsp3) is 0.667. The molecule has 4 heteroatoms. The summed E-state index contributed by atoms with van der Waals surface area (Å²) in [7, 11) is 0. The average Bonchev–Trinajstić information content (AvgIpc) is 2.81. The number of nitrogens with one attached hydrogen (secondary N) is 1. The summed E-state index contributed by atoms with van der Waals surface area (Å²) in [5, 5.41) is 12.1. The van der Waals surface area contributed by atoms with Crippen LogP contribution in [0.15, 0.2) is 12.2 Å². The number of hydrogen-bond acceptors (Lipinski definition) is 2. The first-order valence-electron chi connectivity index (χ1n) is 5.88. The van der Waals surface area contributed by atoms with Crippen LogP contribution in [0, 0.1) is 23.7 Å². The zero-order chi connectivity index (χ0) is 11.3. The van der Waals surface area contributed by atoms with E-state index in [1.807, 2.05) is 12.2 Å². The summed E-state index contributed by atoms with van der Waals surface area (Å²) in [6.07, 6.45) is 6.89. The Kier molecular flexibility index (Phi) is 2.06. The van der Waals surface area contributed by atoms with Gasteiger partial charge in [-0.3, -0.25) is 9.59 Å². The van der Waals surface area contributed by atoms with Crippen molar-refractivity contribution in [3.05, 3.63) is 12.2 Å². The summed E-state index contributed by atoms with van der Waals surface area (Å²) in [4.78, 5) is 23.2. The van der Waals surface area contributed by atoms with Crippen LogP contribution in [-0.4, -0.2) is 23.0 Å². The van der Waals surface area contributed by atoms with E-state index in [0.29, 0.717) is 6.04 Å². The van der Waals surface area contributed by atoms with Gasteiger partial charge in [-0.2, -0.15) is 0 Å². The molecule has 3 rings (SSSR count). The molecular formula is C12H15NO3. The van der Waals surface area contributed by atoms with Gasteiger partial charge >= 0.3 is 5.97 Å². The SMILES string of the molecule is O=C(O)[C@@H]1C2C=CC(C2)[C@@H]1C(=O)NC1CC1. The molecular weight excluding hydrogens is 206 g/mol. The molecule has 0 aromatic heterocycles. The lowest BCUT2D eigenvalue weighted by Gasteiger charge is -2.23. The third-order valence-electron chi connectivity index (χ3n) is 3.97. The van der Waals surface area contributed by atoms with Crippen molar-refractivity contribution in [3.63, 3.8) is 0 Å². The topological polar surface area (TPSA) is 66.4 Å². The molecule has 0 spiro atoms. The molecule has 2 bridgehead atoms. The highest BCUT2D eigenvalue weighted by Gasteiger charge is 2.52. The Labute approximate surface area is 93.7 Å². The Hall–Kier alpha value is -1.32. The summed E-state index contributed by atoms with van der Waals surface area (Å²) in [6.45, 7) is 0. The van der Waals surface area contributed by atoms with Crippen LogP contribution in [0.5, 0.6) is 0 Å². The molecule has 0 aromatic rings. The lowest BCUT2D eigenvalue weighted by Crippen LogP contribution is -2.40. The average molecular weight is 221 g/mol. The van der Waals surface area contributed by atoms with Crippen molar-refractivity contribution in [1.82, 2.24) is 5.32 Å². The second-order valence-corrected chi connectivity index (χ2v) is 5.12. The van der Waals surface area contributed by atoms with Crippen LogP contribution in [0.25, 0.3) is 0 Å². The summed E-state index contributed by atoms with van der Waals surface area (Å²) in [5.74, 6) is -1.51. The van der Waals surface area contributed by atoms with E-state index < -0.39 is 11.9 Å². The predicted molar refractivity (Wildman–Crippen MR) is 56.5 cm³/mol. The highest BCUT2D eigenvalue weighted by Crippen LogP contribution is 2.48. The van der Waals surface area contributed by atoms with E-state index >= 15 is 0 Å². The highest BCUT2D eigenvalue weighted by molar-refractivity contribution is 5.87. The van der Waals surface area contributed by atoms with E-state index in [1.54, 1.807) is 0 Å². The molecule has 4 nitrogen and oxygen atoms in total. The lowest BCUT2D eigenvalue weighted by molar-refractivity contribution is -0.147. The first kappa shape index (κ1) is 9.87. The maximum absolute atomic E-state index is 12.0. The molecule has 2 N–H and O–H groups in total. The molecule has 2 saturated carbocycles. The van der Waals surface area contributed by atoms with Crippen LogP contribution < -0.4 is 5.32 Å². The molecule has 4 atom stereocenters. The van der Waals surface area contributed by atoms with Crippen LogP contribution in [0.3, 0.4) is 0 Å². The van der Waals surface area contributed by atoms with Gasteiger partial charge in [0.15, 0.2) is 0 Å². The Balaban J connectivity index is 1.78. The van der Waals surface area contributed by atoms with Crippen molar-refractivity contribution >= 4 is 11.9 Å². The first-order chi connectivity index (χ1) is 7.66. The van der Waals surface area contributed by atoms with Crippen LogP contribution >= 0.6 is 0 Å². The zero-order valence-electron chi connectivity index (χ0n) is 8.93. The largest absolute Gasteiger partial charge is 0.481 e. The maximum Gasteiger partial charge on any atom is 0.307 e. The molecule has 0 saturated heterocycles. The number of hydrogen-bond donors (Lipinski definition) is 2. The number of carbonyl (C=O) groups is 2. The van der Waals surface area contributed by atoms with Crippen molar-refractivity contribution in [1.29, 1.82) is 0 Å². The predicted octanol–water partition coefficient (Wildman–Crippen LogP) is 0.788. The third kappa shape index (κ3) is 1.44. The van der Waals surface area contributed by atoms with Gasteiger partial charge in [0, 0.05) is 6.04 Å². The van der Waals surface area contributed by atoms with Crippen LogP contribution in [-0.2, 0) is 9.59 Å². The number of fused-ring (bicyclic) bond motifs is 2. The van der Waals surface area contributed by atoms with Gasteiger partial charge in [0.1, 0.15) is 0 Å². The van der Waals surface area contributed by atoms with Crippen molar-refractivity contribution in [2.45, 2.75) is 25.3 Å². The van der Waals surface area contributed by atoms with Crippen molar-refractivity contribution in [2.75, 3.05) is 0 Å². The summed E-state index contributed by atoms with van der Waals surface area (Å²) < 4.78 is 0. The van der Waals surface area contributed by atoms with Crippen LogP contribution in [0.2, 0.25) is 0 Å². The van der Waals surface area contributed by atoms with Crippen LogP contribution in [0.4, 0.5) is 0 Å². The lowest BCUT2D eigenvalue weighted by atomic mass is 9.82. The van der Waals surface area contributed by atoms with Gasteiger partial charge in [-0.1, -0.05) is 12.2 Å². The molecule has 0 radical (unpaired) electrons. The minimum absolute atomic E-state index is 0.0493. The number of rotatable bonds is 3. The molecule has 1 amide bonds. The number of allylic oxidation sites excluding steroid dienone is 2. The van der Waals surface area contributed by atoms with Crippen molar-refractivity contribution < 1.29 is 14.7 Å². The number of carboxylic acids is 1. The van der Waals surface area contributed by atoms with Gasteiger partial charge in [-0.25, -0.2) is 0 Å². The van der Waals surface area contributed by atoms with Gasteiger partial charge in [-0.05, 0) is 31.1 Å². The van der Waals surface area contributed by atoms with Crippen molar-refractivity contribution in [3.8, 4) is 0 Å². The van der Waals surface area contributed by atoms with E-state index in [-0.39, 0.29) is 23.7 Å². The highest BCUT2D eigenvalue weighted by atomic mass is 16.4. The molecule has 0 heterocycles. The minimum atomic E-state index is -0.826. The first-order valence-corrected chi connectivity index (χ1v) is 5.88. The molecule has 3 aliphatic carbocycles. The van der Waals surface area contributed by atoms with Gasteiger partial charge < -0.3 is 10.4 Å². The summed E-state index contributed by atoms with van der Waals surface area (Å²) >= 11 is 0. The Bertz CT molecular complexity index is 372. The zero-order valence-corrected chi connectivity index (χ0v) is 8.93. The molecule has 16 heavy (non-hydrogen) atoms. The van der Waals surface area contributed by atoms with Crippen LogP contribution in [0.1, 0.15) is 19.3 Å². The van der Waals surface area contributed by atoms with E-state index in [0.717, 1.165) is 19.3 Å². The number of carbonyl (C=O) groups excluding carboxylic acids is 1. The van der Waals surface area contributed by atoms with Gasteiger partial charge in [0.2, 0.25) is 5.91 Å². The molecule has 0 aromatic carbocycles. The Morgan fingerprint density at radius 3 is 2.31 bits per heavy atom. The molecule has 0 aliphatic heterocycles. The second kappa shape index (κ2) is 3.34. The fourth-order valence-electron chi connectivity index (χ4n) is 3.04. The van der Waals surface area contributed by atoms with Gasteiger partial charge in [0.05, 0.1) is 11.8 Å². The van der Waals surface area contributed by atoms with Gasteiger partial charge in [-0.15, -0.1) is 0 Å². The summed E-state index contributed by atoms with van der Waals surface area (Å²) in [6, 6.07) is 0.310. The third-order valence-corrected chi connectivity index (χ3v) is 3.97. The normalized spacial score (nSPS) is 40.0. The standard InChI is InChI=1S/C12H15NO3/c14-11(13-8-3-4-8)9-6-1-2-7(5-6)10(9)12(15)16/h1-2,6-10H,3-5H2,(H,13,14)(H,15,16)/t6?,7?,9-,10+/m0/s1. The number of amides is 1. The smallest absolute Gasteiger partial charge is 0.307 e. The van der Waals surface area contributed by atoms with E-state index in [1.165, 1.54) is 0 Å². The second-order valence-electron chi connectivity index (χ2n) is 5.12. The molecule has 2 fully saturated rings. The minimum Gasteiger partial charge on any atom is -0.481 e. The Morgan fingerprint density at radius 2 is 1.75 bits per heavy atom. The van der Waals surface area contributed by atoms with Crippen molar-refractivity contribution in [2.24, 2.45) is 23.7 Å². The van der Waals surface area contributed by atoms with E-state index in [4.69, 9.17) is 0 Å². The maximum atomic E-state index is 12.0. The quantitative estimate of drug-likeness (QED) is 0.692. The monoisotopic (exact) mass is 221 g/mol. The molecule has 3 aliphatic rings. The van der Waals surface area contributed by atoms with E-state index in [2.05, 4.69) is 5.32 Å².